The minimum Gasteiger partial charge on any atom is -0.494 e. The van der Waals surface area contributed by atoms with Crippen LogP contribution in [0.2, 0.25) is 0 Å². The number of aryl methyl sites for hydroxylation is 1. The van der Waals surface area contributed by atoms with Gasteiger partial charge in [0.1, 0.15) is 23.5 Å². The zero-order valence-corrected chi connectivity index (χ0v) is 21.9. The maximum absolute atomic E-state index is 13.1. The Morgan fingerprint density at radius 3 is 2.59 bits per heavy atom. The first-order valence-corrected chi connectivity index (χ1v) is 12.3. The second kappa shape index (κ2) is 10.7. The van der Waals surface area contributed by atoms with E-state index in [4.69, 9.17) is 10.5 Å². The number of rotatable bonds is 10. The molecule has 1 aliphatic rings. The predicted molar refractivity (Wildman–Crippen MR) is 151 cm³/mol. The number of nitrogens with two attached hydrogens (primary N) is 1. The molecule has 4 rings (SSSR count). The van der Waals surface area contributed by atoms with Gasteiger partial charge in [-0.25, -0.2) is 0 Å². The van der Waals surface area contributed by atoms with Crippen LogP contribution >= 0.6 is 0 Å². The summed E-state index contributed by atoms with van der Waals surface area (Å²) in [7, 11) is 7.23. The molecule has 190 valence electrons. The van der Waals surface area contributed by atoms with Crippen molar-refractivity contribution in [2.75, 3.05) is 24.3 Å². The molecule has 1 saturated carbocycles. The van der Waals surface area contributed by atoms with Gasteiger partial charge < -0.3 is 26.4 Å². The summed E-state index contributed by atoms with van der Waals surface area (Å²) in [5.41, 5.74) is 9.28. The van der Waals surface area contributed by atoms with E-state index in [-0.39, 0.29) is 23.3 Å². The Morgan fingerprint density at radius 1 is 1.19 bits per heavy atom. The Bertz CT molecular complexity index is 1320. The van der Waals surface area contributed by atoms with E-state index in [1.165, 1.54) is 0 Å². The molecule has 3 aromatic rings. The molecule has 1 aromatic carbocycles. The van der Waals surface area contributed by atoms with Crippen molar-refractivity contribution >= 4 is 52.5 Å². The molecule has 0 atom stereocenters. The molecule has 0 radical (unpaired) electrons. The summed E-state index contributed by atoms with van der Waals surface area (Å²) in [4.78, 5) is 25.4. The highest BCUT2D eigenvalue weighted by Crippen LogP contribution is 2.38. The van der Waals surface area contributed by atoms with Gasteiger partial charge in [0, 0.05) is 29.8 Å². The molecule has 0 spiro atoms. The van der Waals surface area contributed by atoms with Crippen LogP contribution in [-0.4, -0.2) is 74.2 Å². The van der Waals surface area contributed by atoms with Gasteiger partial charge in [0.2, 0.25) is 5.91 Å². The molecule has 2 heterocycles. The second-order valence-corrected chi connectivity index (χ2v) is 10.2. The van der Waals surface area contributed by atoms with Crippen molar-refractivity contribution in [1.82, 2.24) is 25.3 Å². The first-order chi connectivity index (χ1) is 17.6. The van der Waals surface area contributed by atoms with E-state index >= 15 is 0 Å². The predicted octanol–water partition coefficient (Wildman–Crippen LogP) is -1.05. The Kier molecular flexibility index (Phi) is 7.58. The number of nitrogens with zero attached hydrogens (tertiary/aromatic N) is 4. The molecule has 11 nitrogen and oxygen atoms in total. The van der Waals surface area contributed by atoms with E-state index in [0.29, 0.717) is 30.2 Å². The van der Waals surface area contributed by atoms with Crippen LogP contribution in [0.5, 0.6) is 5.75 Å². The number of benzene rings is 1. The number of carbonyl (C=O) groups excluding carboxylic acids is 2. The minimum absolute atomic E-state index is 0.00128. The lowest BCUT2D eigenvalue weighted by molar-refractivity contribution is -0.117. The molecule has 2 amide bonds. The van der Waals surface area contributed by atoms with E-state index in [9.17, 15) is 9.59 Å². The Hall–Kier alpha value is -3.80. The first-order valence-electron chi connectivity index (χ1n) is 12.3. The zero-order valence-electron chi connectivity index (χ0n) is 21.9. The number of methoxy groups -OCH3 is 1. The standard InChI is InChI=1S/C23H31B3N8O3/c1-12-10-16(33-34(12)9-8-27)14-4-3-5-15(20(14)37-2)28-17-11-18(29-21(35)13-6-7-13)31-32-19(17)22(36)30-23(24,25)26/h3-5,10-11,13H,6-9,24-27H2,1-2H3,(H,30,36)(H2,28,29,31,35). The topological polar surface area (TPSA) is 149 Å². The van der Waals surface area contributed by atoms with Gasteiger partial charge in [-0.05, 0) is 43.2 Å². The Morgan fingerprint density at radius 2 is 1.95 bits per heavy atom. The normalized spacial score (nSPS) is 13.2. The van der Waals surface area contributed by atoms with Crippen LogP contribution < -0.4 is 26.4 Å². The van der Waals surface area contributed by atoms with Gasteiger partial charge in [-0.2, -0.15) is 5.10 Å². The molecule has 0 aliphatic heterocycles. The van der Waals surface area contributed by atoms with Crippen molar-refractivity contribution in [2.45, 2.75) is 31.5 Å². The summed E-state index contributed by atoms with van der Waals surface area (Å²) >= 11 is 0. The smallest absolute Gasteiger partial charge is 0.272 e. The maximum atomic E-state index is 13.1. The molecule has 37 heavy (non-hydrogen) atoms. The van der Waals surface area contributed by atoms with Crippen LogP contribution in [0, 0.1) is 12.8 Å². The number of hydrogen-bond donors (Lipinski definition) is 4. The average Bonchev–Trinajstić information content (AvgIpc) is 3.62. The second-order valence-electron chi connectivity index (χ2n) is 10.2. The van der Waals surface area contributed by atoms with Crippen LogP contribution in [0.3, 0.4) is 0 Å². The molecule has 1 aliphatic carbocycles. The summed E-state index contributed by atoms with van der Waals surface area (Å²) in [5, 5.41) is 21.4. The van der Waals surface area contributed by atoms with E-state index < -0.39 is 11.1 Å². The number of anilines is 3. The van der Waals surface area contributed by atoms with Gasteiger partial charge in [-0.1, -0.05) is 6.07 Å². The number of amides is 2. The third-order valence-electron chi connectivity index (χ3n) is 5.78. The lowest BCUT2D eigenvalue weighted by Crippen LogP contribution is -2.50. The largest absolute Gasteiger partial charge is 0.494 e. The van der Waals surface area contributed by atoms with Gasteiger partial charge in [0.25, 0.3) is 5.91 Å². The van der Waals surface area contributed by atoms with Gasteiger partial charge in [0.05, 0.1) is 30.7 Å². The molecule has 0 unspecified atom stereocenters. The molecular formula is C23H31B3N8O3. The molecule has 1 fully saturated rings. The van der Waals surface area contributed by atoms with Gasteiger partial charge in [-0.3, -0.25) is 14.3 Å². The van der Waals surface area contributed by atoms with Crippen molar-refractivity contribution in [3.8, 4) is 17.0 Å². The lowest BCUT2D eigenvalue weighted by Gasteiger charge is -2.22. The number of para-hydroxylation sites is 1. The SMILES string of the molecule is BC(B)(B)NC(=O)c1nnc(NC(=O)C2CC2)cc1Nc1cccc(-c2cc(C)n(CCN)n2)c1OC. The summed E-state index contributed by atoms with van der Waals surface area (Å²) in [6.07, 6.45) is 1.72. The minimum atomic E-state index is -0.479. The van der Waals surface area contributed by atoms with E-state index in [1.807, 2.05) is 59.4 Å². The average molecular weight is 500 g/mol. The van der Waals surface area contributed by atoms with Crippen LogP contribution in [0.1, 0.15) is 29.0 Å². The number of aromatic nitrogens is 4. The van der Waals surface area contributed by atoms with Crippen LogP contribution in [0.25, 0.3) is 11.3 Å². The van der Waals surface area contributed by atoms with Gasteiger partial charge in [-0.15, -0.1) is 10.2 Å². The molecule has 14 heteroatoms. The van der Waals surface area contributed by atoms with E-state index in [2.05, 4.69) is 31.2 Å². The Labute approximate surface area is 218 Å². The summed E-state index contributed by atoms with van der Waals surface area (Å²) in [6, 6.07) is 9.20. The maximum Gasteiger partial charge on any atom is 0.272 e. The summed E-state index contributed by atoms with van der Waals surface area (Å²) < 4.78 is 7.64. The van der Waals surface area contributed by atoms with Gasteiger partial charge in [0.15, 0.2) is 17.3 Å². The third-order valence-corrected chi connectivity index (χ3v) is 5.78. The highest BCUT2D eigenvalue weighted by atomic mass is 16.5. The van der Waals surface area contributed by atoms with E-state index in [0.717, 1.165) is 29.8 Å². The fourth-order valence-electron chi connectivity index (χ4n) is 3.88. The van der Waals surface area contributed by atoms with Crippen molar-refractivity contribution in [1.29, 1.82) is 0 Å². The van der Waals surface area contributed by atoms with Gasteiger partial charge >= 0.3 is 0 Å². The molecule has 0 saturated heterocycles. The highest BCUT2D eigenvalue weighted by Gasteiger charge is 2.30. The molecule has 0 bridgehead atoms. The number of ether oxygens (including phenoxy) is 1. The first kappa shape index (κ1) is 26.3. The zero-order chi connectivity index (χ0) is 26.7. The highest BCUT2D eigenvalue weighted by molar-refractivity contribution is 6.60. The van der Waals surface area contributed by atoms with Crippen molar-refractivity contribution < 1.29 is 14.3 Å². The third kappa shape index (κ3) is 6.32. The van der Waals surface area contributed by atoms with Crippen LogP contribution in [0.4, 0.5) is 17.2 Å². The Balaban J connectivity index is 1.72. The number of nitrogens with one attached hydrogen (secondary N) is 3. The lowest BCUT2D eigenvalue weighted by atomic mass is 9.49. The van der Waals surface area contributed by atoms with Crippen molar-refractivity contribution in [3.05, 3.63) is 41.7 Å². The number of hydrogen-bond acceptors (Lipinski definition) is 8. The molecular weight excluding hydrogens is 469 g/mol. The number of carbonyl (C=O) groups is 2. The fourth-order valence-corrected chi connectivity index (χ4v) is 3.88. The molecule has 5 N–H and O–H groups in total. The van der Waals surface area contributed by atoms with Crippen LogP contribution in [-0.2, 0) is 11.3 Å². The van der Waals surface area contributed by atoms with Crippen molar-refractivity contribution in [2.24, 2.45) is 11.7 Å². The quantitative estimate of drug-likeness (QED) is 0.258. The molecule has 2 aromatic heterocycles. The fraction of sp³-hybridized carbons (Fsp3) is 0.348. The monoisotopic (exact) mass is 500 g/mol. The van der Waals surface area contributed by atoms with Crippen molar-refractivity contribution in [3.63, 3.8) is 0 Å². The summed E-state index contributed by atoms with van der Waals surface area (Å²) in [5.74, 6) is 0.311. The summed E-state index contributed by atoms with van der Waals surface area (Å²) in [6.45, 7) is 3.06. The van der Waals surface area contributed by atoms with Crippen LogP contribution in [0.15, 0.2) is 30.3 Å². The van der Waals surface area contributed by atoms with E-state index in [1.54, 1.807) is 13.2 Å².